The number of rotatable bonds is 3. The SMILES string of the molecule is Cc1cc(N2CCN(Cc3ccc(F)cc3F)C(=O)C2)n2nc(C)cc2n1. The molecular formula is C19H19F2N5O. The molecule has 4 rings (SSSR count). The minimum absolute atomic E-state index is 0.114. The Labute approximate surface area is 155 Å². The van der Waals surface area contributed by atoms with E-state index in [2.05, 4.69) is 10.1 Å². The Kier molecular flexibility index (Phi) is 4.25. The summed E-state index contributed by atoms with van der Waals surface area (Å²) in [5.74, 6) is -0.564. The molecule has 0 aliphatic carbocycles. The molecule has 8 heteroatoms. The molecular weight excluding hydrogens is 352 g/mol. The van der Waals surface area contributed by atoms with Crippen LogP contribution >= 0.6 is 0 Å². The van der Waals surface area contributed by atoms with E-state index in [0.29, 0.717) is 18.7 Å². The molecule has 0 spiro atoms. The Bertz CT molecular complexity index is 1030. The number of benzene rings is 1. The van der Waals surface area contributed by atoms with Gasteiger partial charge < -0.3 is 9.80 Å². The molecule has 0 atom stereocenters. The quantitative estimate of drug-likeness (QED) is 0.710. The van der Waals surface area contributed by atoms with Crippen LogP contribution in [0.15, 0.2) is 30.3 Å². The second kappa shape index (κ2) is 6.61. The minimum Gasteiger partial charge on any atom is -0.345 e. The lowest BCUT2D eigenvalue weighted by Crippen LogP contribution is -2.50. The van der Waals surface area contributed by atoms with E-state index in [-0.39, 0.29) is 19.0 Å². The molecule has 27 heavy (non-hydrogen) atoms. The van der Waals surface area contributed by atoms with E-state index in [1.165, 1.54) is 12.1 Å². The van der Waals surface area contributed by atoms with Crippen molar-refractivity contribution in [2.24, 2.45) is 0 Å². The summed E-state index contributed by atoms with van der Waals surface area (Å²) in [4.78, 5) is 20.6. The highest BCUT2D eigenvalue weighted by Gasteiger charge is 2.26. The van der Waals surface area contributed by atoms with Crippen LogP contribution in [-0.2, 0) is 11.3 Å². The molecule has 1 aromatic carbocycles. The van der Waals surface area contributed by atoms with Crippen molar-refractivity contribution < 1.29 is 13.6 Å². The summed E-state index contributed by atoms with van der Waals surface area (Å²) < 4.78 is 28.7. The van der Waals surface area contributed by atoms with Gasteiger partial charge in [0.1, 0.15) is 17.5 Å². The Morgan fingerprint density at radius 1 is 1.07 bits per heavy atom. The second-order valence-corrected chi connectivity index (χ2v) is 6.78. The number of carbonyl (C=O) groups is 1. The van der Waals surface area contributed by atoms with Gasteiger partial charge in [0.2, 0.25) is 5.91 Å². The molecule has 1 aliphatic heterocycles. The third kappa shape index (κ3) is 3.34. The lowest BCUT2D eigenvalue weighted by molar-refractivity contribution is -0.131. The zero-order chi connectivity index (χ0) is 19.1. The first kappa shape index (κ1) is 17.4. The van der Waals surface area contributed by atoms with Crippen LogP contribution in [0.4, 0.5) is 14.6 Å². The first-order chi connectivity index (χ1) is 12.9. The van der Waals surface area contributed by atoms with Crippen molar-refractivity contribution in [2.45, 2.75) is 20.4 Å². The number of carbonyl (C=O) groups excluding carboxylic acids is 1. The molecule has 0 bridgehead atoms. The van der Waals surface area contributed by atoms with Crippen molar-refractivity contribution >= 4 is 17.4 Å². The predicted octanol–water partition coefficient (Wildman–Crippen LogP) is 2.47. The van der Waals surface area contributed by atoms with Crippen LogP contribution in [0.1, 0.15) is 17.0 Å². The molecule has 3 heterocycles. The Morgan fingerprint density at radius 3 is 2.63 bits per heavy atom. The van der Waals surface area contributed by atoms with Gasteiger partial charge in [0.05, 0.1) is 12.2 Å². The van der Waals surface area contributed by atoms with Crippen molar-refractivity contribution in [1.29, 1.82) is 0 Å². The van der Waals surface area contributed by atoms with Gasteiger partial charge >= 0.3 is 0 Å². The number of aryl methyl sites for hydroxylation is 2. The first-order valence-electron chi connectivity index (χ1n) is 8.71. The largest absolute Gasteiger partial charge is 0.345 e. The van der Waals surface area contributed by atoms with Gasteiger partial charge in [-0.05, 0) is 19.9 Å². The fraction of sp³-hybridized carbons (Fsp3) is 0.316. The smallest absolute Gasteiger partial charge is 0.242 e. The summed E-state index contributed by atoms with van der Waals surface area (Å²) in [6.07, 6.45) is 0. The van der Waals surface area contributed by atoms with Crippen molar-refractivity contribution in [2.75, 3.05) is 24.5 Å². The van der Waals surface area contributed by atoms with E-state index in [1.807, 2.05) is 30.9 Å². The van der Waals surface area contributed by atoms with E-state index < -0.39 is 11.6 Å². The van der Waals surface area contributed by atoms with Crippen LogP contribution in [0.25, 0.3) is 5.65 Å². The Morgan fingerprint density at radius 2 is 1.89 bits per heavy atom. The molecule has 1 amide bonds. The number of halogens is 2. The van der Waals surface area contributed by atoms with Crippen LogP contribution in [0.3, 0.4) is 0 Å². The Balaban J connectivity index is 1.55. The molecule has 0 saturated carbocycles. The van der Waals surface area contributed by atoms with Crippen molar-refractivity contribution in [3.8, 4) is 0 Å². The highest BCUT2D eigenvalue weighted by Crippen LogP contribution is 2.21. The number of hydrogen-bond donors (Lipinski definition) is 0. The summed E-state index contributed by atoms with van der Waals surface area (Å²) in [7, 11) is 0. The minimum atomic E-state index is -0.635. The number of aromatic nitrogens is 3. The van der Waals surface area contributed by atoms with Gasteiger partial charge in [0, 0.05) is 49.1 Å². The summed E-state index contributed by atoms with van der Waals surface area (Å²) in [6, 6.07) is 7.22. The van der Waals surface area contributed by atoms with Gasteiger partial charge in [0.15, 0.2) is 5.65 Å². The third-order valence-corrected chi connectivity index (χ3v) is 4.68. The van der Waals surface area contributed by atoms with Crippen molar-refractivity contribution in [3.63, 3.8) is 0 Å². The summed E-state index contributed by atoms with van der Waals surface area (Å²) in [6.45, 7) is 5.13. The molecule has 1 fully saturated rings. The maximum atomic E-state index is 13.9. The lowest BCUT2D eigenvalue weighted by Gasteiger charge is -2.35. The zero-order valence-electron chi connectivity index (χ0n) is 15.1. The molecule has 1 saturated heterocycles. The van der Waals surface area contributed by atoms with Gasteiger partial charge in [-0.25, -0.2) is 13.8 Å². The maximum absolute atomic E-state index is 13.9. The summed E-state index contributed by atoms with van der Waals surface area (Å²) in [5, 5.41) is 4.46. The normalized spacial score (nSPS) is 15.0. The van der Waals surface area contributed by atoms with Gasteiger partial charge in [-0.1, -0.05) is 6.07 Å². The van der Waals surface area contributed by atoms with Crippen molar-refractivity contribution in [1.82, 2.24) is 19.5 Å². The topological polar surface area (TPSA) is 53.7 Å². The van der Waals surface area contributed by atoms with Crippen LogP contribution in [0, 0.1) is 25.5 Å². The Hall–Kier alpha value is -3.03. The molecule has 0 unspecified atom stereocenters. The highest BCUT2D eigenvalue weighted by molar-refractivity contribution is 5.82. The fourth-order valence-corrected chi connectivity index (χ4v) is 3.35. The highest BCUT2D eigenvalue weighted by atomic mass is 19.1. The summed E-state index contributed by atoms with van der Waals surface area (Å²) >= 11 is 0. The monoisotopic (exact) mass is 371 g/mol. The van der Waals surface area contributed by atoms with E-state index in [1.54, 1.807) is 9.42 Å². The number of hydrogen-bond acceptors (Lipinski definition) is 4. The molecule has 6 nitrogen and oxygen atoms in total. The molecule has 0 radical (unpaired) electrons. The van der Waals surface area contributed by atoms with E-state index in [9.17, 15) is 13.6 Å². The molecule has 0 N–H and O–H groups in total. The van der Waals surface area contributed by atoms with E-state index in [4.69, 9.17) is 0 Å². The maximum Gasteiger partial charge on any atom is 0.242 e. The third-order valence-electron chi connectivity index (χ3n) is 4.68. The molecule has 3 aromatic rings. The molecule has 1 aliphatic rings. The van der Waals surface area contributed by atoms with E-state index in [0.717, 1.165) is 28.9 Å². The second-order valence-electron chi connectivity index (χ2n) is 6.78. The van der Waals surface area contributed by atoms with Crippen molar-refractivity contribution in [3.05, 3.63) is 58.9 Å². The van der Waals surface area contributed by atoms with Crippen LogP contribution < -0.4 is 4.90 Å². The number of anilines is 1. The van der Waals surface area contributed by atoms with Gasteiger partial charge in [-0.15, -0.1) is 0 Å². The van der Waals surface area contributed by atoms with Gasteiger partial charge in [-0.3, -0.25) is 4.79 Å². The number of nitrogens with zero attached hydrogens (tertiary/aromatic N) is 5. The molecule has 2 aromatic heterocycles. The van der Waals surface area contributed by atoms with Crippen LogP contribution in [0.5, 0.6) is 0 Å². The average molecular weight is 371 g/mol. The standard InChI is InChI=1S/C19H19F2N5O/c1-12-8-18(26-17(22-12)7-13(2)23-26)24-5-6-25(19(27)11-24)10-14-3-4-15(20)9-16(14)21/h3-4,7-9H,5-6,10-11H2,1-2H3. The van der Waals surface area contributed by atoms with E-state index >= 15 is 0 Å². The first-order valence-corrected chi connectivity index (χ1v) is 8.71. The number of fused-ring (bicyclic) bond motifs is 1. The summed E-state index contributed by atoms with van der Waals surface area (Å²) in [5.41, 5.74) is 2.75. The average Bonchev–Trinajstić information content (AvgIpc) is 2.98. The lowest BCUT2D eigenvalue weighted by atomic mass is 10.1. The predicted molar refractivity (Wildman–Crippen MR) is 96.4 cm³/mol. The molecule has 140 valence electrons. The fourth-order valence-electron chi connectivity index (χ4n) is 3.35. The number of amides is 1. The van der Waals surface area contributed by atoms with Crippen LogP contribution in [-0.4, -0.2) is 45.0 Å². The van der Waals surface area contributed by atoms with Crippen LogP contribution in [0.2, 0.25) is 0 Å². The van der Waals surface area contributed by atoms with Gasteiger partial charge in [-0.2, -0.15) is 9.61 Å². The zero-order valence-corrected chi connectivity index (χ0v) is 15.1. The van der Waals surface area contributed by atoms with Gasteiger partial charge in [0.25, 0.3) is 0 Å². The number of piperazine rings is 1.